The molecule has 0 spiro atoms. The Bertz CT molecular complexity index is 909. The Morgan fingerprint density at radius 1 is 0.968 bits per heavy atom. The highest BCUT2D eigenvalue weighted by atomic mass is 19.4. The van der Waals surface area contributed by atoms with E-state index in [-0.39, 0.29) is 17.4 Å². The molecule has 0 bridgehead atoms. The highest BCUT2D eigenvalue weighted by Crippen LogP contribution is 2.31. The number of halogens is 3. The van der Waals surface area contributed by atoms with E-state index >= 15 is 0 Å². The second-order valence-corrected chi connectivity index (χ2v) is 7.57. The third-order valence-electron chi connectivity index (χ3n) is 5.14. The van der Waals surface area contributed by atoms with Crippen molar-refractivity contribution < 1.29 is 32.2 Å². The van der Waals surface area contributed by atoms with Gasteiger partial charge in [-0.25, -0.2) is 4.79 Å². The zero-order valence-corrected chi connectivity index (χ0v) is 16.6. The molecular formula is C22H23F3N2O4. The third kappa shape index (κ3) is 6.13. The molecule has 0 aliphatic heterocycles. The van der Waals surface area contributed by atoms with Crippen LogP contribution in [0.2, 0.25) is 0 Å². The summed E-state index contributed by atoms with van der Waals surface area (Å²) in [5.41, 5.74) is 12.4. The lowest BCUT2D eigenvalue weighted by Gasteiger charge is -2.27. The average molecular weight is 436 g/mol. The van der Waals surface area contributed by atoms with Gasteiger partial charge in [0.1, 0.15) is 11.9 Å². The second kappa shape index (κ2) is 9.28. The summed E-state index contributed by atoms with van der Waals surface area (Å²) in [6.45, 7) is 0. The summed E-state index contributed by atoms with van der Waals surface area (Å²) in [6, 6.07) is 4.49. The van der Waals surface area contributed by atoms with Gasteiger partial charge in [-0.2, -0.15) is 13.2 Å². The molecule has 1 fully saturated rings. The molecule has 166 valence electrons. The van der Waals surface area contributed by atoms with Gasteiger partial charge in [-0.3, -0.25) is 4.79 Å². The van der Waals surface area contributed by atoms with Crippen LogP contribution < -0.4 is 11.5 Å². The normalized spacial score (nSPS) is 23.6. The second-order valence-electron chi connectivity index (χ2n) is 7.57. The molecule has 1 aromatic rings. The number of carbonyl (C=O) groups is 2. The molecule has 0 aromatic heterocycles. The molecule has 6 nitrogen and oxygen atoms in total. The molecule has 1 saturated carbocycles. The fourth-order valence-corrected chi connectivity index (χ4v) is 3.50. The minimum Gasteiger partial charge on any atom is -0.459 e. The number of benzene rings is 1. The van der Waals surface area contributed by atoms with Gasteiger partial charge in [-0.15, -0.1) is 0 Å². The van der Waals surface area contributed by atoms with Crippen molar-refractivity contribution in [3.8, 4) is 0 Å². The summed E-state index contributed by atoms with van der Waals surface area (Å²) in [4.78, 5) is 24.7. The van der Waals surface area contributed by atoms with Crippen LogP contribution >= 0.6 is 0 Å². The number of alkyl halides is 3. The van der Waals surface area contributed by atoms with Crippen molar-refractivity contribution in [2.24, 2.45) is 11.8 Å². The van der Waals surface area contributed by atoms with E-state index in [2.05, 4.69) is 0 Å². The van der Waals surface area contributed by atoms with Gasteiger partial charge in [-0.1, -0.05) is 18.2 Å². The van der Waals surface area contributed by atoms with Crippen LogP contribution in [0, 0.1) is 11.8 Å². The van der Waals surface area contributed by atoms with Crippen molar-refractivity contribution in [2.75, 3.05) is 11.5 Å². The Balaban J connectivity index is 1.49. The molecule has 0 saturated heterocycles. The first-order chi connectivity index (χ1) is 14.6. The Morgan fingerprint density at radius 3 is 2.23 bits per heavy atom. The molecule has 1 aromatic carbocycles. The van der Waals surface area contributed by atoms with E-state index in [4.69, 9.17) is 20.9 Å². The highest BCUT2D eigenvalue weighted by Gasteiger charge is 2.36. The van der Waals surface area contributed by atoms with Crippen LogP contribution in [0.3, 0.4) is 0 Å². The largest absolute Gasteiger partial charge is 0.459 e. The fourth-order valence-electron chi connectivity index (χ4n) is 3.50. The number of hydrogen-bond acceptors (Lipinski definition) is 6. The van der Waals surface area contributed by atoms with Crippen molar-refractivity contribution in [1.82, 2.24) is 0 Å². The van der Waals surface area contributed by atoms with E-state index in [0.29, 0.717) is 37.1 Å². The first kappa shape index (κ1) is 22.5. The number of anilines is 2. The molecule has 1 unspecified atom stereocenters. The van der Waals surface area contributed by atoms with Gasteiger partial charge in [0.25, 0.3) is 0 Å². The van der Waals surface area contributed by atoms with E-state index in [1.807, 2.05) is 0 Å². The number of carbonyl (C=O) groups excluding carboxylic acids is 2. The van der Waals surface area contributed by atoms with Crippen LogP contribution in [0.25, 0.3) is 0 Å². The molecule has 9 heteroatoms. The first-order valence-corrected chi connectivity index (χ1v) is 9.84. The minimum absolute atomic E-state index is 0.0563. The van der Waals surface area contributed by atoms with Crippen molar-refractivity contribution >= 4 is 23.3 Å². The van der Waals surface area contributed by atoms with E-state index < -0.39 is 30.0 Å². The van der Waals surface area contributed by atoms with Crippen LogP contribution in [0.1, 0.15) is 36.0 Å². The monoisotopic (exact) mass is 436 g/mol. The number of ether oxygens (including phenoxy) is 2. The van der Waals surface area contributed by atoms with Crippen molar-refractivity contribution in [3.63, 3.8) is 0 Å². The minimum atomic E-state index is -4.40. The predicted octanol–water partition coefficient (Wildman–Crippen LogP) is 4.30. The van der Waals surface area contributed by atoms with Crippen molar-refractivity contribution in [2.45, 2.75) is 38.0 Å². The number of hydrogen-bond donors (Lipinski definition) is 2. The lowest BCUT2D eigenvalue weighted by Crippen LogP contribution is -2.29. The van der Waals surface area contributed by atoms with E-state index in [1.165, 1.54) is 30.4 Å². The Kier molecular flexibility index (Phi) is 6.72. The predicted molar refractivity (Wildman–Crippen MR) is 108 cm³/mol. The molecule has 1 atom stereocenters. The molecule has 3 rings (SSSR count). The van der Waals surface area contributed by atoms with Crippen LogP contribution in [-0.2, 0) is 14.3 Å². The summed E-state index contributed by atoms with van der Waals surface area (Å²) in [7, 11) is 0. The maximum absolute atomic E-state index is 12.8. The lowest BCUT2D eigenvalue weighted by atomic mass is 9.87. The molecule has 2 aliphatic carbocycles. The number of rotatable bonds is 4. The summed E-state index contributed by atoms with van der Waals surface area (Å²) >= 11 is 0. The summed E-state index contributed by atoms with van der Waals surface area (Å²) < 4.78 is 49.1. The van der Waals surface area contributed by atoms with Gasteiger partial charge in [-0.05, 0) is 56.0 Å². The summed E-state index contributed by atoms with van der Waals surface area (Å²) in [6.07, 6.45) is 2.70. The Morgan fingerprint density at radius 2 is 1.61 bits per heavy atom. The van der Waals surface area contributed by atoms with Crippen LogP contribution in [0.15, 0.2) is 54.3 Å². The number of nitrogen functional groups attached to an aromatic ring is 2. The smallest absolute Gasteiger partial charge is 0.398 e. The van der Waals surface area contributed by atoms with Crippen molar-refractivity contribution in [1.29, 1.82) is 0 Å². The van der Waals surface area contributed by atoms with Gasteiger partial charge in [0, 0.05) is 11.4 Å². The van der Waals surface area contributed by atoms with Crippen LogP contribution in [-0.4, -0.2) is 24.2 Å². The molecule has 0 radical (unpaired) electrons. The van der Waals surface area contributed by atoms with Gasteiger partial charge in [0.15, 0.2) is 0 Å². The standard InChI is InChI=1S/C22H23F3N2O4/c23-22(24,25)15-2-1-3-18(9-6-15)30-20(28)13-4-7-19(8-5-13)31-21(29)14-10-16(26)12-17(27)11-14/h1-3,6,9-13,15,19H,4-5,7-8,26-27H2. The van der Waals surface area contributed by atoms with E-state index in [9.17, 15) is 22.8 Å². The molecular weight excluding hydrogens is 413 g/mol. The zero-order chi connectivity index (χ0) is 22.6. The number of allylic oxidation sites excluding steroid dienone is 5. The molecule has 31 heavy (non-hydrogen) atoms. The Labute approximate surface area is 177 Å². The maximum atomic E-state index is 12.8. The molecule has 2 aliphatic rings. The SMILES string of the molecule is Nc1cc(N)cc(C(=O)OC2CCC(C(=O)OC3=CC=CC(C(F)(F)F)C=C3)CC2)c1. The average Bonchev–Trinajstić information content (AvgIpc) is 2.93. The summed E-state index contributed by atoms with van der Waals surface area (Å²) in [5, 5.41) is 0. The first-order valence-electron chi connectivity index (χ1n) is 9.84. The Hall–Kier alpha value is -3.23. The highest BCUT2D eigenvalue weighted by molar-refractivity contribution is 5.91. The topological polar surface area (TPSA) is 105 Å². The maximum Gasteiger partial charge on any atom is 0.398 e. The number of esters is 2. The fraction of sp³-hybridized carbons (Fsp3) is 0.364. The van der Waals surface area contributed by atoms with Crippen LogP contribution in [0.4, 0.5) is 24.5 Å². The van der Waals surface area contributed by atoms with Gasteiger partial charge >= 0.3 is 18.1 Å². The molecule has 0 amide bonds. The van der Waals surface area contributed by atoms with Crippen LogP contribution in [0.5, 0.6) is 0 Å². The van der Waals surface area contributed by atoms with Gasteiger partial charge in [0.05, 0.1) is 17.4 Å². The van der Waals surface area contributed by atoms with E-state index in [1.54, 1.807) is 0 Å². The number of nitrogens with two attached hydrogens (primary N) is 2. The van der Waals surface area contributed by atoms with Gasteiger partial charge in [0.2, 0.25) is 0 Å². The summed E-state index contributed by atoms with van der Waals surface area (Å²) in [5.74, 6) is -3.13. The zero-order valence-electron chi connectivity index (χ0n) is 16.6. The lowest BCUT2D eigenvalue weighted by molar-refractivity contribution is -0.148. The van der Waals surface area contributed by atoms with Gasteiger partial charge < -0.3 is 20.9 Å². The molecule has 0 heterocycles. The third-order valence-corrected chi connectivity index (χ3v) is 5.14. The quantitative estimate of drug-likeness (QED) is 0.539. The van der Waals surface area contributed by atoms with Crippen molar-refractivity contribution in [3.05, 3.63) is 59.9 Å². The molecule has 4 N–H and O–H groups in total. The van der Waals surface area contributed by atoms with E-state index in [0.717, 1.165) is 18.2 Å².